The van der Waals surface area contributed by atoms with Crippen molar-refractivity contribution in [1.82, 2.24) is 4.40 Å². The van der Waals surface area contributed by atoms with Crippen molar-refractivity contribution in [2.75, 3.05) is 18.5 Å². The van der Waals surface area contributed by atoms with E-state index in [1.165, 1.54) is 0 Å². The Kier molecular flexibility index (Phi) is 3.68. The summed E-state index contributed by atoms with van der Waals surface area (Å²) in [4.78, 5) is 0. The van der Waals surface area contributed by atoms with Crippen molar-refractivity contribution in [3.05, 3.63) is 33.9 Å². The number of fused-ring (bicyclic) bond motifs is 1. The SMILES string of the molecule is Cc1c(C#N)cc2cc(Br)cn2c1NC1CCOCC1. The Bertz CT molecular complexity index is 680. The summed E-state index contributed by atoms with van der Waals surface area (Å²) in [6, 6.07) is 6.63. The molecule has 0 atom stereocenters. The molecule has 0 aliphatic carbocycles. The summed E-state index contributed by atoms with van der Waals surface area (Å²) < 4.78 is 8.52. The number of ether oxygens (including phenoxy) is 1. The number of nitrogens with one attached hydrogen (secondary N) is 1. The number of pyridine rings is 1. The molecule has 0 unspecified atom stereocenters. The van der Waals surface area contributed by atoms with E-state index >= 15 is 0 Å². The molecule has 3 heterocycles. The van der Waals surface area contributed by atoms with Crippen molar-refractivity contribution in [1.29, 1.82) is 5.26 Å². The largest absolute Gasteiger partial charge is 0.381 e. The summed E-state index contributed by atoms with van der Waals surface area (Å²) in [7, 11) is 0. The molecule has 2 aromatic rings. The third-order valence-corrected chi connectivity index (χ3v) is 4.22. The summed E-state index contributed by atoms with van der Waals surface area (Å²) in [6.45, 7) is 3.59. The van der Waals surface area contributed by atoms with E-state index in [2.05, 4.69) is 31.7 Å². The normalized spacial score (nSPS) is 16.2. The number of aromatic nitrogens is 1. The molecule has 0 radical (unpaired) electrons. The fourth-order valence-electron chi connectivity index (χ4n) is 2.64. The van der Waals surface area contributed by atoms with E-state index in [1.807, 2.05) is 25.3 Å². The molecule has 1 aliphatic heterocycles. The average Bonchev–Trinajstić information content (AvgIpc) is 2.83. The molecule has 3 rings (SSSR count). The highest BCUT2D eigenvalue weighted by molar-refractivity contribution is 9.10. The van der Waals surface area contributed by atoms with Crippen LogP contribution in [0.15, 0.2) is 22.8 Å². The van der Waals surface area contributed by atoms with Crippen LogP contribution in [0.2, 0.25) is 0 Å². The Morgan fingerprint density at radius 3 is 2.85 bits per heavy atom. The monoisotopic (exact) mass is 333 g/mol. The first-order valence-electron chi connectivity index (χ1n) is 6.74. The van der Waals surface area contributed by atoms with Gasteiger partial charge in [-0.25, -0.2) is 0 Å². The van der Waals surface area contributed by atoms with Crippen LogP contribution in [-0.2, 0) is 4.74 Å². The van der Waals surface area contributed by atoms with Crippen LogP contribution >= 0.6 is 15.9 Å². The number of nitriles is 1. The minimum Gasteiger partial charge on any atom is -0.381 e. The second-order valence-electron chi connectivity index (χ2n) is 5.13. The molecule has 5 heteroatoms. The smallest absolute Gasteiger partial charge is 0.115 e. The van der Waals surface area contributed by atoms with Gasteiger partial charge in [-0.05, 0) is 47.8 Å². The maximum Gasteiger partial charge on any atom is 0.115 e. The second-order valence-corrected chi connectivity index (χ2v) is 6.04. The van der Waals surface area contributed by atoms with Crippen molar-refractivity contribution in [3.8, 4) is 6.07 Å². The molecule has 1 saturated heterocycles. The van der Waals surface area contributed by atoms with Crippen LogP contribution in [0, 0.1) is 18.3 Å². The first kappa shape index (κ1) is 13.5. The van der Waals surface area contributed by atoms with Crippen molar-refractivity contribution >= 4 is 27.3 Å². The summed E-state index contributed by atoms with van der Waals surface area (Å²) in [5.74, 6) is 1.01. The van der Waals surface area contributed by atoms with Gasteiger partial charge in [-0.2, -0.15) is 5.26 Å². The second kappa shape index (κ2) is 5.47. The predicted molar refractivity (Wildman–Crippen MR) is 82.0 cm³/mol. The van der Waals surface area contributed by atoms with E-state index < -0.39 is 0 Å². The van der Waals surface area contributed by atoms with Gasteiger partial charge in [0.1, 0.15) is 5.82 Å². The Morgan fingerprint density at radius 1 is 1.40 bits per heavy atom. The van der Waals surface area contributed by atoms with E-state index in [-0.39, 0.29) is 0 Å². The van der Waals surface area contributed by atoms with E-state index in [0.29, 0.717) is 6.04 Å². The lowest BCUT2D eigenvalue weighted by atomic mass is 10.1. The molecule has 0 aromatic carbocycles. The Labute approximate surface area is 126 Å². The van der Waals surface area contributed by atoms with Crippen molar-refractivity contribution in [2.24, 2.45) is 0 Å². The molecule has 104 valence electrons. The van der Waals surface area contributed by atoms with Gasteiger partial charge >= 0.3 is 0 Å². The zero-order chi connectivity index (χ0) is 14.1. The molecular formula is C15H16BrN3O. The molecule has 0 spiro atoms. The molecule has 0 saturated carbocycles. The van der Waals surface area contributed by atoms with E-state index in [1.54, 1.807) is 0 Å². The first-order valence-corrected chi connectivity index (χ1v) is 7.54. The third-order valence-electron chi connectivity index (χ3n) is 3.79. The maximum absolute atomic E-state index is 9.30. The van der Waals surface area contributed by atoms with Crippen LogP contribution < -0.4 is 5.32 Å². The molecular weight excluding hydrogens is 318 g/mol. The van der Waals surface area contributed by atoms with E-state index in [0.717, 1.165) is 53.0 Å². The summed E-state index contributed by atoms with van der Waals surface area (Å²) in [6.07, 6.45) is 4.03. The minimum atomic E-state index is 0.403. The van der Waals surface area contributed by atoms with Crippen molar-refractivity contribution in [2.45, 2.75) is 25.8 Å². The molecule has 20 heavy (non-hydrogen) atoms. The lowest BCUT2D eigenvalue weighted by Gasteiger charge is -2.26. The van der Waals surface area contributed by atoms with Crippen LogP contribution in [0.5, 0.6) is 0 Å². The Balaban J connectivity index is 2.06. The molecule has 0 amide bonds. The highest BCUT2D eigenvalue weighted by Crippen LogP contribution is 2.27. The lowest BCUT2D eigenvalue weighted by molar-refractivity contribution is 0.0903. The average molecular weight is 334 g/mol. The van der Waals surface area contributed by atoms with Crippen LogP contribution in [0.1, 0.15) is 24.0 Å². The van der Waals surface area contributed by atoms with Crippen LogP contribution in [0.25, 0.3) is 5.52 Å². The standard InChI is InChI=1S/C15H16BrN3O/c1-10-11(8-17)6-14-7-12(16)9-19(14)15(10)18-13-2-4-20-5-3-13/h6-7,9,13,18H,2-5H2,1H3. The molecule has 1 aliphatic rings. The van der Waals surface area contributed by atoms with Gasteiger partial charge in [-0.15, -0.1) is 0 Å². The molecule has 2 aromatic heterocycles. The highest BCUT2D eigenvalue weighted by atomic mass is 79.9. The zero-order valence-electron chi connectivity index (χ0n) is 11.3. The van der Waals surface area contributed by atoms with Gasteiger partial charge < -0.3 is 14.5 Å². The van der Waals surface area contributed by atoms with Gasteiger partial charge in [-0.3, -0.25) is 0 Å². The number of hydrogen-bond donors (Lipinski definition) is 1. The maximum atomic E-state index is 9.30. The van der Waals surface area contributed by atoms with Crippen molar-refractivity contribution < 1.29 is 4.74 Å². The van der Waals surface area contributed by atoms with E-state index in [4.69, 9.17) is 4.74 Å². The number of anilines is 1. The van der Waals surface area contributed by atoms with E-state index in [9.17, 15) is 5.26 Å². The Morgan fingerprint density at radius 2 is 2.15 bits per heavy atom. The molecule has 4 nitrogen and oxygen atoms in total. The predicted octanol–water partition coefficient (Wildman–Crippen LogP) is 3.47. The quantitative estimate of drug-likeness (QED) is 0.915. The number of rotatable bonds is 2. The van der Waals surface area contributed by atoms with Gasteiger partial charge in [0.25, 0.3) is 0 Å². The summed E-state index contributed by atoms with van der Waals surface area (Å²) in [5.41, 5.74) is 2.74. The zero-order valence-corrected chi connectivity index (χ0v) is 12.9. The van der Waals surface area contributed by atoms with Gasteiger partial charge in [0.2, 0.25) is 0 Å². The van der Waals surface area contributed by atoms with Gasteiger partial charge in [0.15, 0.2) is 0 Å². The number of hydrogen-bond acceptors (Lipinski definition) is 3. The molecule has 1 fully saturated rings. The number of halogens is 1. The Hall–Kier alpha value is -1.51. The molecule has 1 N–H and O–H groups in total. The van der Waals surface area contributed by atoms with Crippen LogP contribution in [0.3, 0.4) is 0 Å². The minimum absolute atomic E-state index is 0.403. The fraction of sp³-hybridized carbons (Fsp3) is 0.400. The first-order chi connectivity index (χ1) is 9.69. The lowest BCUT2D eigenvalue weighted by Crippen LogP contribution is -2.29. The third kappa shape index (κ3) is 2.41. The van der Waals surface area contributed by atoms with Crippen LogP contribution in [0.4, 0.5) is 5.82 Å². The highest BCUT2D eigenvalue weighted by Gasteiger charge is 2.17. The van der Waals surface area contributed by atoms with Gasteiger partial charge in [-0.1, -0.05) is 0 Å². The van der Waals surface area contributed by atoms with Gasteiger partial charge in [0.05, 0.1) is 11.6 Å². The fourth-order valence-corrected chi connectivity index (χ4v) is 3.08. The topological polar surface area (TPSA) is 49.5 Å². The van der Waals surface area contributed by atoms with Gasteiger partial charge in [0, 0.05) is 41.0 Å². The van der Waals surface area contributed by atoms with Crippen molar-refractivity contribution in [3.63, 3.8) is 0 Å². The summed E-state index contributed by atoms with van der Waals surface area (Å²) in [5, 5.41) is 12.9. The van der Waals surface area contributed by atoms with Crippen LogP contribution in [-0.4, -0.2) is 23.7 Å². The summed E-state index contributed by atoms with van der Waals surface area (Å²) >= 11 is 3.50. The molecule has 0 bridgehead atoms. The number of nitrogens with zero attached hydrogens (tertiary/aromatic N) is 2.